The van der Waals surface area contributed by atoms with E-state index in [0.717, 1.165) is 21.9 Å². The average molecular weight is 313 g/mol. The molecular formula is C15H15N5OS. The van der Waals surface area contributed by atoms with Crippen molar-refractivity contribution in [2.75, 3.05) is 0 Å². The Morgan fingerprint density at radius 3 is 3.05 bits per heavy atom. The van der Waals surface area contributed by atoms with Crippen molar-refractivity contribution in [1.29, 1.82) is 0 Å². The van der Waals surface area contributed by atoms with Crippen LogP contribution < -0.4 is 5.32 Å². The van der Waals surface area contributed by atoms with Gasteiger partial charge in [0.15, 0.2) is 5.65 Å². The lowest BCUT2D eigenvalue weighted by atomic mass is 10.2. The molecule has 1 aliphatic rings. The summed E-state index contributed by atoms with van der Waals surface area (Å²) >= 11 is 1.58. The molecule has 0 unspecified atom stereocenters. The summed E-state index contributed by atoms with van der Waals surface area (Å²) in [4.78, 5) is 25.3. The number of fused-ring (bicyclic) bond motifs is 1. The number of carbonyl (C=O) groups is 1. The number of hydrogen-bond acceptors (Lipinski definition) is 5. The van der Waals surface area contributed by atoms with E-state index in [1.165, 1.54) is 12.8 Å². The molecule has 7 heteroatoms. The monoisotopic (exact) mass is 313 g/mol. The minimum atomic E-state index is -0.152. The van der Waals surface area contributed by atoms with Crippen molar-refractivity contribution in [3.63, 3.8) is 0 Å². The van der Waals surface area contributed by atoms with Gasteiger partial charge in [-0.05, 0) is 25.8 Å². The molecule has 1 saturated carbocycles. The second-order valence-corrected chi connectivity index (χ2v) is 6.55. The molecule has 0 atom stereocenters. The fraction of sp³-hybridized carbons (Fsp3) is 0.333. The molecule has 1 N–H and O–H groups in total. The van der Waals surface area contributed by atoms with E-state index in [9.17, 15) is 4.79 Å². The summed E-state index contributed by atoms with van der Waals surface area (Å²) in [6.45, 7) is 2.38. The quantitative estimate of drug-likeness (QED) is 0.803. The Hall–Kier alpha value is -2.28. The highest BCUT2D eigenvalue weighted by atomic mass is 32.1. The van der Waals surface area contributed by atoms with Crippen LogP contribution in [0.3, 0.4) is 0 Å². The number of hydrogen-bond donors (Lipinski definition) is 1. The lowest BCUT2D eigenvalue weighted by Crippen LogP contribution is -2.23. The highest BCUT2D eigenvalue weighted by Crippen LogP contribution is 2.36. The first-order valence-corrected chi connectivity index (χ1v) is 8.10. The zero-order chi connectivity index (χ0) is 15.1. The maximum absolute atomic E-state index is 12.2. The van der Waals surface area contributed by atoms with Gasteiger partial charge >= 0.3 is 0 Å². The van der Waals surface area contributed by atoms with Crippen LogP contribution in [0.2, 0.25) is 0 Å². The summed E-state index contributed by atoms with van der Waals surface area (Å²) < 4.78 is 2.09. The van der Waals surface area contributed by atoms with E-state index in [1.54, 1.807) is 23.6 Å². The molecule has 4 rings (SSSR count). The number of carbonyl (C=O) groups excluding carboxylic acids is 1. The Kier molecular flexibility index (Phi) is 3.15. The summed E-state index contributed by atoms with van der Waals surface area (Å²) in [6.07, 6.45) is 5.80. The standard InChI is InChI=1S/C15H15N5OS/c1-9-19-11(7-22-9)6-17-15(21)10-4-13-14(16-5-10)20(8-18-13)12-2-3-12/h4-5,7-8,12H,2-3,6H2,1H3,(H,17,21). The zero-order valence-corrected chi connectivity index (χ0v) is 12.9. The smallest absolute Gasteiger partial charge is 0.253 e. The van der Waals surface area contributed by atoms with Crippen molar-refractivity contribution in [3.8, 4) is 0 Å². The van der Waals surface area contributed by atoms with E-state index in [4.69, 9.17) is 0 Å². The Labute approximate surface area is 131 Å². The summed E-state index contributed by atoms with van der Waals surface area (Å²) in [5.41, 5.74) is 3.03. The molecule has 3 aromatic heterocycles. The molecule has 1 aliphatic carbocycles. The second kappa shape index (κ2) is 5.17. The molecule has 1 fully saturated rings. The predicted molar refractivity (Wildman–Crippen MR) is 83.8 cm³/mol. The summed E-state index contributed by atoms with van der Waals surface area (Å²) in [5, 5.41) is 5.82. The van der Waals surface area contributed by atoms with Crippen LogP contribution in [-0.2, 0) is 6.54 Å². The van der Waals surface area contributed by atoms with Crippen molar-refractivity contribution in [2.45, 2.75) is 32.4 Å². The van der Waals surface area contributed by atoms with Crippen LogP contribution in [0.25, 0.3) is 11.2 Å². The van der Waals surface area contributed by atoms with Crippen LogP contribution in [0.1, 0.15) is 39.9 Å². The normalized spacial score (nSPS) is 14.4. The van der Waals surface area contributed by atoms with E-state index in [-0.39, 0.29) is 5.91 Å². The molecule has 6 nitrogen and oxygen atoms in total. The molecule has 1 amide bonds. The third kappa shape index (κ3) is 2.48. The number of thiazole rings is 1. The van der Waals surface area contributed by atoms with Crippen molar-refractivity contribution >= 4 is 28.4 Å². The van der Waals surface area contributed by atoms with Gasteiger partial charge in [-0.1, -0.05) is 0 Å². The van der Waals surface area contributed by atoms with Crippen LogP contribution in [0.15, 0.2) is 24.0 Å². The molecule has 112 valence electrons. The van der Waals surface area contributed by atoms with Crippen LogP contribution in [-0.4, -0.2) is 25.4 Å². The SMILES string of the molecule is Cc1nc(CNC(=O)c2cnc3c(c2)ncn3C2CC2)cs1. The first-order valence-electron chi connectivity index (χ1n) is 7.22. The van der Waals surface area contributed by atoms with E-state index < -0.39 is 0 Å². The molecule has 0 spiro atoms. The van der Waals surface area contributed by atoms with E-state index >= 15 is 0 Å². The summed E-state index contributed by atoms with van der Waals surface area (Å²) in [6, 6.07) is 2.33. The highest BCUT2D eigenvalue weighted by Gasteiger charge is 2.25. The van der Waals surface area contributed by atoms with Gasteiger partial charge in [0.2, 0.25) is 0 Å². The zero-order valence-electron chi connectivity index (χ0n) is 12.1. The molecule has 3 heterocycles. The number of aryl methyl sites for hydroxylation is 1. The fourth-order valence-corrected chi connectivity index (χ4v) is 3.04. The van der Waals surface area contributed by atoms with Gasteiger partial charge in [-0.25, -0.2) is 15.0 Å². The van der Waals surface area contributed by atoms with Gasteiger partial charge in [0.25, 0.3) is 5.91 Å². The maximum Gasteiger partial charge on any atom is 0.253 e. The third-order valence-electron chi connectivity index (χ3n) is 3.71. The van der Waals surface area contributed by atoms with E-state index in [2.05, 4.69) is 24.8 Å². The van der Waals surface area contributed by atoms with Crippen LogP contribution in [0.5, 0.6) is 0 Å². The summed E-state index contributed by atoms with van der Waals surface area (Å²) in [5.74, 6) is -0.152. The Morgan fingerprint density at radius 1 is 1.45 bits per heavy atom. The molecular weight excluding hydrogens is 298 g/mol. The summed E-state index contributed by atoms with van der Waals surface area (Å²) in [7, 11) is 0. The first-order chi connectivity index (χ1) is 10.7. The average Bonchev–Trinajstić information content (AvgIpc) is 3.14. The van der Waals surface area contributed by atoms with Gasteiger partial charge in [0, 0.05) is 17.6 Å². The number of amides is 1. The molecule has 0 aliphatic heterocycles. The number of aromatic nitrogens is 4. The van der Waals surface area contributed by atoms with Gasteiger partial charge in [-0.2, -0.15) is 0 Å². The van der Waals surface area contributed by atoms with Crippen molar-refractivity contribution in [3.05, 3.63) is 40.2 Å². The van der Waals surface area contributed by atoms with Gasteiger partial charge in [-0.3, -0.25) is 4.79 Å². The largest absolute Gasteiger partial charge is 0.346 e. The van der Waals surface area contributed by atoms with Crippen molar-refractivity contribution in [2.24, 2.45) is 0 Å². The lowest BCUT2D eigenvalue weighted by molar-refractivity contribution is 0.0950. The maximum atomic E-state index is 12.2. The van der Waals surface area contributed by atoms with Crippen molar-refractivity contribution < 1.29 is 4.79 Å². The molecule has 22 heavy (non-hydrogen) atoms. The Morgan fingerprint density at radius 2 is 2.32 bits per heavy atom. The fourth-order valence-electron chi connectivity index (χ4n) is 2.43. The van der Waals surface area contributed by atoms with Gasteiger partial charge < -0.3 is 9.88 Å². The molecule has 0 radical (unpaired) electrons. The Bertz CT molecular complexity index is 849. The number of rotatable bonds is 4. The Balaban J connectivity index is 1.51. The van der Waals surface area contributed by atoms with Crippen LogP contribution >= 0.6 is 11.3 Å². The number of nitrogens with one attached hydrogen (secondary N) is 1. The van der Waals surface area contributed by atoms with Gasteiger partial charge in [0.05, 0.1) is 29.1 Å². The van der Waals surface area contributed by atoms with Crippen LogP contribution in [0.4, 0.5) is 0 Å². The first kappa shape index (κ1) is 13.4. The third-order valence-corrected chi connectivity index (χ3v) is 4.53. The number of pyridine rings is 1. The van der Waals surface area contributed by atoms with Crippen LogP contribution in [0, 0.1) is 6.92 Å². The second-order valence-electron chi connectivity index (χ2n) is 5.49. The lowest BCUT2D eigenvalue weighted by Gasteiger charge is -2.04. The number of nitrogens with zero attached hydrogens (tertiary/aromatic N) is 4. The van der Waals surface area contributed by atoms with Crippen molar-refractivity contribution in [1.82, 2.24) is 24.8 Å². The topological polar surface area (TPSA) is 72.7 Å². The highest BCUT2D eigenvalue weighted by molar-refractivity contribution is 7.09. The minimum Gasteiger partial charge on any atom is -0.346 e. The van der Waals surface area contributed by atoms with E-state index in [0.29, 0.717) is 18.2 Å². The van der Waals surface area contributed by atoms with E-state index in [1.807, 2.05) is 18.6 Å². The molecule has 0 aromatic carbocycles. The number of imidazole rings is 1. The predicted octanol–water partition coefficient (Wildman–Crippen LogP) is 2.46. The van der Waals surface area contributed by atoms with Gasteiger partial charge in [0.1, 0.15) is 5.52 Å². The molecule has 0 saturated heterocycles. The molecule has 0 bridgehead atoms. The molecule has 3 aromatic rings. The van der Waals surface area contributed by atoms with Gasteiger partial charge in [-0.15, -0.1) is 11.3 Å². The minimum absolute atomic E-state index is 0.152.